The molecule has 0 amide bonds. The summed E-state index contributed by atoms with van der Waals surface area (Å²) in [7, 11) is 0. The van der Waals surface area contributed by atoms with Gasteiger partial charge >= 0.3 is 0 Å². The predicted octanol–water partition coefficient (Wildman–Crippen LogP) is 4.04. The smallest absolute Gasteiger partial charge is 0.186 e. The molecule has 0 aromatic carbocycles. The first kappa shape index (κ1) is 13.5. The lowest BCUT2D eigenvalue weighted by Gasteiger charge is -2.34. The van der Waals surface area contributed by atoms with Crippen LogP contribution in [0.5, 0.6) is 0 Å². The van der Waals surface area contributed by atoms with Gasteiger partial charge in [0.05, 0.1) is 11.6 Å². The molecule has 0 aromatic rings. The Morgan fingerprint density at radius 1 is 1.44 bits per heavy atom. The van der Waals surface area contributed by atoms with Crippen LogP contribution in [-0.2, 0) is 4.74 Å². The van der Waals surface area contributed by atoms with Crippen molar-refractivity contribution in [3.63, 3.8) is 0 Å². The zero-order chi connectivity index (χ0) is 12.3. The molecule has 0 unspecified atom stereocenters. The van der Waals surface area contributed by atoms with Gasteiger partial charge in [-0.3, -0.25) is 0 Å². The van der Waals surface area contributed by atoms with Gasteiger partial charge in [-0.1, -0.05) is 27.2 Å². The van der Waals surface area contributed by atoms with E-state index in [0.717, 1.165) is 18.2 Å². The number of rotatable bonds is 4. The van der Waals surface area contributed by atoms with Crippen LogP contribution in [0.1, 0.15) is 60.8 Å². The van der Waals surface area contributed by atoms with Crippen molar-refractivity contribution >= 4 is 5.90 Å². The Hall–Kier alpha value is -0.530. The Bertz CT molecular complexity index is 257. The van der Waals surface area contributed by atoms with E-state index in [9.17, 15) is 0 Å². The molecule has 0 saturated heterocycles. The van der Waals surface area contributed by atoms with Gasteiger partial charge in [0.15, 0.2) is 5.90 Å². The molecule has 0 saturated carbocycles. The quantitative estimate of drug-likeness (QED) is 0.707. The fraction of sp³-hybridized carbons (Fsp3) is 0.929. The Morgan fingerprint density at radius 3 is 2.56 bits per heavy atom. The zero-order valence-electron chi connectivity index (χ0n) is 11.7. The van der Waals surface area contributed by atoms with Gasteiger partial charge in [-0.15, -0.1) is 0 Å². The third-order valence-corrected chi connectivity index (χ3v) is 3.40. The second-order valence-corrected chi connectivity index (χ2v) is 6.05. The lowest BCUT2D eigenvalue weighted by atomic mass is 9.92. The van der Waals surface area contributed by atoms with Crippen LogP contribution in [0.15, 0.2) is 4.99 Å². The minimum absolute atomic E-state index is 0.0523. The molecule has 0 fully saturated rings. The molecule has 2 heteroatoms. The highest BCUT2D eigenvalue weighted by atomic mass is 16.5. The molecular weight excluding hydrogens is 198 g/mol. The average molecular weight is 225 g/mol. The molecular formula is C14H27NO. The molecule has 1 rings (SSSR count). The van der Waals surface area contributed by atoms with Gasteiger partial charge in [-0.2, -0.15) is 0 Å². The van der Waals surface area contributed by atoms with Gasteiger partial charge in [0, 0.05) is 12.3 Å². The summed E-state index contributed by atoms with van der Waals surface area (Å²) >= 11 is 0. The molecule has 3 atom stereocenters. The largest absolute Gasteiger partial charge is 0.478 e. The van der Waals surface area contributed by atoms with E-state index in [1.165, 1.54) is 12.8 Å². The Kier molecular flexibility index (Phi) is 4.40. The first-order valence-corrected chi connectivity index (χ1v) is 6.60. The van der Waals surface area contributed by atoms with Crippen molar-refractivity contribution < 1.29 is 4.74 Å². The second-order valence-electron chi connectivity index (χ2n) is 6.05. The van der Waals surface area contributed by atoms with Gasteiger partial charge in [-0.25, -0.2) is 4.99 Å². The lowest BCUT2D eigenvalue weighted by Crippen LogP contribution is -2.36. The monoisotopic (exact) mass is 225 g/mol. The van der Waals surface area contributed by atoms with Crippen molar-refractivity contribution in [2.75, 3.05) is 0 Å². The summed E-state index contributed by atoms with van der Waals surface area (Å²) in [5.74, 6) is 2.18. The molecule has 0 N–H and O–H groups in total. The van der Waals surface area contributed by atoms with E-state index in [1.54, 1.807) is 0 Å². The van der Waals surface area contributed by atoms with Crippen LogP contribution in [0.2, 0.25) is 0 Å². The first-order valence-electron chi connectivity index (χ1n) is 6.60. The average Bonchev–Trinajstić information content (AvgIpc) is 2.14. The second kappa shape index (κ2) is 5.20. The normalized spacial score (nSPS) is 27.9. The van der Waals surface area contributed by atoms with Crippen molar-refractivity contribution in [2.45, 2.75) is 72.4 Å². The molecule has 0 spiro atoms. The number of hydrogen-bond donors (Lipinski definition) is 0. The highest BCUT2D eigenvalue weighted by molar-refractivity contribution is 5.79. The van der Waals surface area contributed by atoms with Crippen LogP contribution in [0.3, 0.4) is 0 Å². The molecule has 94 valence electrons. The molecule has 0 bridgehead atoms. The number of ether oxygens (including phenoxy) is 1. The molecule has 0 aromatic heterocycles. The van der Waals surface area contributed by atoms with E-state index < -0.39 is 0 Å². The van der Waals surface area contributed by atoms with Crippen LogP contribution in [0.25, 0.3) is 0 Å². The summed E-state index contributed by atoms with van der Waals surface area (Å²) in [6.07, 6.45) is 3.74. The standard InChI is InChI=1S/C14H27NO/c1-7-10(2)8-11(3)13-15-14(5,6)9-12(4)16-13/h10-12H,7-9H2,1-6H3/t10-,11+,12+/m1/s1. The summed E-state index contributed by atoms with van der Waals surface area (Å²) in [4.78, 5) is 4.75. The van der Waals surface area contributed by atoms with Crippen LogP contribution < -0.4 is 0 Å². The van der Waals surface area contributed by atoms with E-state index in [2.05, 4.69) is 41.5 Å². The molecule has 1 aliphatic rings. The molecule has 0 aliphatic carbocycles. The number of aliphatic imine (C=N–C) groups is 1. The van der Waals surface area contributed by atoms with Crippen molar-refractivity contribution in [1.82, 2.24) is 0 Å². The molecule has 1 heterocycles. The Labute approximate surface area is 100 Å². The van der Waals surface area contributed by atoms with Gasteiger partial charge in [-0.05, 0) is 33.1 Å². The van der Waals surface area contributed by atoms with Crippen LogP contribution in [-0.4, -0.2) is 17.5 Å². The van der Waals surface area contributed by atoms with Crippen molar-refractivity contribution in [2.24, 2.45) is 16.8 Å². The Balaban J connectivity index is 2.68. The highest BCUT2D eigenvalue weighted by Gasteiger charge is 2.30. The number of hydrogen-bond acceptors (Lipinski definition) is 2. The SMILES string of the molecule is CC[C@@H](C)C[C@H](C)C1=NC(C)(C)C[C@H](C)O1. The Morgan fingerprint density at radius 2 is 2.06 bits per heavy atom. The first-order chi connectivity index (χ1) is 7.34. The fourth-order valence-corrected chi connectivity index (χ4v) is 2.42. The van der Waals surface area contributed by atoms with Crippen LogP contribution in [0, 0.1) is 11.8 Å². The summed E-state index contributed by atoms with van der Waals surface area (Å²) < 4.78 is 5.88. The zero-order valence-corrected chi connectivity index (χ0v) is 11.7. The minimum Gasteiger partial charge on any atom is -0.478 e. The van der Waals surface area contributed by atoms with Crippen molar-refractivity contribution in [3.05, 3.63) is 0 Å². The van der Waals surface area contributed by atoms with Crippen molar-refractivity contribution in [3.8, 4) is 0 Å². The molecule has 1 aliphatic heterocycles. The summed E-state index contributed by atoms with van der Waals surface area (Å²) in [5, 5.41) is 0. The van der Waals surface area contributed by atoms with Gasteiger partial charge in [0.25, 0.3) is 0 Å². The number of nitrogens with zero attached hydrogens (tertiary/aromatic N) is 1. The lowest BCUT2D eigenvalue weighted by molar-refractivity contribution is 0.130. The van der Waals surface area contributed by atoms with Gasteiger partial charge < -0.3 is 4.74 Å². The highest BCUT2D eigenvalue weighted by Crippen LogP contribution is 2.28. The summed E-state index contributed by atoms with van der Waals surface area (Å²) in [6, 6.07) is 0. The maximum Gasteiger partial charge on any atom is 0.186 e. The topological polar surface area (TPSA) is 21.6 Å². The van der Waals surface area contributed by atoms with E-state index >= 15 is 0 Å². The summed E-state index contributed by atoms with van der Waals surface area (Å²) in [5.41, 5.74) is 0.0523. The third-order valence-electron chi connectivity index (χ3n) is 3.40. The van der Waals surface area contributed by atoms with E-state index in [1.807, 2.05) is 0 Å². The third kappa shape index (κ3) is 3.80. The van der Waals surface area contributed by atoms with E-state index in [-0.39, 0.29) is 5.54 Å². The van der Waals surface area contributed by atoms with Crippen molar-refractivity contribution in [1.29, 1.82) is 0 Å². The fourth-order valence-electron chi connectivity index (χ4n) is 2.42. The predicted molar refractivity (Wildman–Crippen MR) is 69.9 cm³/mol. The van der Waals surface area contributed by atoms with E-state index in [4.69, 9.17) is 9.73 Å². The maximum absolute atomic E-state index is 5.88. The molecule has 0 radical (unpaired) electrons. The van der Waals surface area contributed by atoms with Gasteiger partial charge in [0.1, 0.15) is 0 Å². The maximum atomic E-state index is 5.88. The molecule has 16 heavy (non-hydrogen) atoms. The molecule has 2 nitrogen and oxygen atoms in total. The minimum atomic E-state index is 0.0523. The van der Waals surface area contributed by atoms with Crippen LogP contribution in [0.4, 0.5) is 0 Å². The van der Waals surface area contributed by atoms with Gasteiger partial charge in [0.2, 0.25) is 0 Å². The van der Waals surface area contributed by atoms with E-state index in [0.29, 0.717) is 12.0 Å². The summed E-state index contributed by atoms with van der Waals surface area (Å²) in [6.45, 7) is 13.3. The van der Waals surface area contributed by atoms with Crippen LogP contribution >= 0.6 is 0 Å².